The minimum Gasteiger partial charge on any atom is -0.316 e. The van der Waals surface area contributed by atoms with Gasteiger partial charge in [-0.05, 0) is 36.4 Å². The molecule has 1 aromatic carbocycles. The molecule has 2 aromatic heterocycles. The second-order valence-electron chi connectivity index (χ2n) is 3.92. The van der Waals surface area contributed by atoms with Crippen LogP contribution in [0.15, 0.2) is 60.8 Å². The molecule has 0 amide bonds. The van der Waals surface area contributed by atoms with Crippen LogP contribution < -0.4 is 0 Å². The van der Waals surface area contributed by atoms with E-state index in [0.717, 1.165) is 27.4 Å². The Balaban J connectivity index is 2.09. The zero-order valence-electron chi connectivity index (χ0n) is 9.61. The monoisotopic (exact) mass is 253 g/mol. The summed E-state index contributed by atoms with van der Waals surface area (Å²) in [6.07, 6.45) is 2.93. The van der Waals surface area contributed by atoms with Gasteiger partial charge in [-0.1, -0.05) is 18.2 Å². The molecule has 0 aliphatic carbocycles. The number of hydrogen-bond donors (Lipinski definition) is 0. The number of para-hydroxylation sites is 1. The smallest absolute Gasteiger partial charge is 0.160 e. The number of rotatable bonds is 3. The number of aldehydes is 1. The molecule has 3 rings (SSSR count). The van der Waals surface area contributed by atoms with Crippen LogP contribution in [0.3, 0.4) is 0 Å². The summed E-state index contributed by atoms with van der Waals surface area (Å²) in [5.74, 6) is 0. The fraction of sp³-hybridized carbons (Fsp3) is 0. The van der Waals surface area contributed by atoms with E-state index in [1.165, 1.54) is 11.3 Å². The Morgan fingerprint density at radius 3 is 2.50 bits per heavy atom. The van der Waals surface area contributed by atoms with Crippen LogP contribution >= 0.6 is 11.3 Å². The largest absolute Gasteiger partial charge is 0.316 e. The second kappa shape index (κ2) is 4.63. The van der Waals surface area contributed by atoms with Crippen molar-refractivity contribution in [1.29, 1.82) is 0 Å². The lowest BCUT2D eigenvalue weighted by Crippen LogP contribution is -1.92. The molecule has 0 aliphatic rings. The number of nitrogens with zero attached hydrogens (tertiary/aromatic N) is 1. The first kappa shape index (κ1) is 11.0. The fourth-order valence-electron chi connectivity index (χ4n) is 1.95. The minimum atomic E-state index is 0.755. The lowest BCUT2D eigenvalue weighted by Gasteiger charge is -2.07. The molecular weight excluding hydrogens is 242 g/mol. The van der Waals surface area contributed by atoms with Crippen molar-refractivity contribution in [3.63, 3.8) is 0 Å². The van der Waals surface area contributed by atoms with Crippen molar-refractivity contribution in [3.8, 4) is 16.3 Å². The number of carbonyl (C=O) groups excluding carboxylic acids is 1. The molecule has 0 spiro atoms. The third-order valence-corrected chi connectivity index (χ3v) is 3.81. The molecule has 88 valence electrons. The van der Waals surface area contributed by atoms with E-state index < -0.39 is 0 Å². The third kappa shape index (κ3) is 1.89. The van der Waals surface area contributed by atoms with Crippen LogP contribution in [-0.4, -0.2) is 10.9 Å². The van der Waals surface area contributed by atoms with Crippen LogP contribution in [0.4, 0.5) is 0 Å². The molecule has 3 aromatic rings. The molecule has 0 radical (unpaired) electrons. The van der Waals surface area contributed by atoms with E-state index in [-0.39, 0.29) is 0 Å². The first-order valence-corrected chi connectivity index (χ1v) is 6.48. The van der Waals surface area contributed by atoms with Gasteiger partial charge in [-0.15, -0.1) is 11.3 Å². The minimum absolute atomic E-state index is 0.755. The molecule has 18 heavy (non-hydrogen) atoms. The van der Waals surface area contributed by atoms with Gasteiger partial charge in [-0.3, -0.25) is 4.79 Å². The number of benzene rings is 1. The number of thiophene rings is 1. The molecule has 0 fully saturated rings. The summed E-state index contributed by atoms with van der Waals surface area (Å²) in [6, 6.07) is 18.1. The molecule has 0 bridgehead atoms. The Labute approximate surface area is 109 Å². The Bertz CT molecular complexity index is 667. The summed E-state index contributed by atoms with van der Waals surface area (Å²) in [4.78, 5) is 12.6. The average molecular weight is 253 g/mol. The Morgan fingerprint density at radius 1 is 0.944 bits per heavy atom. The van der Waals surface area contributed by atoms with E-state index in [1.54, 1.807) is 0 Å². The molecule has 0 unspecified atom stereocenters. The number of carbonyl (C=O) groups is 1. The van der Waals surface area contributed by atoms with Gasteiger partial charge in [-0.2, -0.15) is 0 Å². The topological polar surface area (TPSA) is 22.0 Å². The van der Waals surface area contributed by atoms with E-state index in [9.17, 15) is 4.79 Å². The quantitative estimate of drug-likeness (QED) is 0.646. The predicted molar refractivity (Wildman–Crippen MR) is 74.5 cm³/mol. The van der Waals surface area contributed by atoms with Gasteiger partial charge < -0.3 is 4.57 Å². The van der Waals surface area contributed by atoms with Gasteiger partial charge in [0.1, 0.15) is 0 Å². The molecule has 0 aliphatic heterocycles. The Hall–Kier alpha value is -2.13. The van der Waals surface area contributed by atoms with Gasteiger partial charge in [0.05, 0.1) is 15.4 Å². The zero-order chi connectivity index (χ0) is 12.4. The van der Waals surface area contributed by atoms with E-state index in [4.69, 9.17) is 0 Å². The van der Waals surface area contributed by atoms with Gasteiger partial charge in [0, 0.05) is 11.9 Å². The summed E-state index contributed by atoms with van der Waals surface area (Å²) >= 11 is 1.51. The molecule has 3 heteroatoms. The Kier molecular flexibility index (Phi) is 2.82. The fourth-order valence-corrected chi connectivity index (χ4v) is 2.79. The lowest BCUT2D eigenvalue weighted by atomic mass is 10.3. The summed E-state index contributed by atoms with van der Waals surface area (Å²) in [6.45, 7) is 0. The van der Waals surface area contributed by atoms with Crippen molar-refractivity contribution >= 4 is 17.6 Å². The lowest BCUT2D eigenvalue weighted by molar-refractivity contribution is 0.112. The van der Waals surface area contributed by atoms with Gasteiger partial charge in [0.25, 0.3) is 0 Å². The molecule has 0 N–H and O–H groups in total. The molecule has 2 heterocycles. The summed E-state index contributed by atoms with van der Waals surface area (Å²) in [7, 11) is 0. The summed E-state index contributed by atoms with van der Waals surface area (Å²) < 4.78 is 2.13. The van der Waals surface area contributed by atoms with Crippen molar-refractivity contribution in [2.24, 2.45) is 0 Å². The van der Waals surface area contributed by atoms with Crippen LogP contribution in [0.25, 0.3) is 16.3 Å². The Morgan fingerprint density at radius 2 is 1.78 bits per heavy atom. The van der Waals surface area contributed by atoms with Crippen molar-refractivity contribution in [2.45, 2.75) is 0 Å². The highest BCUT2D eigenvalue weighted by Crippen LogP contribution is 2.29. The SMILES string of the molecule is O=Cc1ccc(-c2cccn2-c2ccccc2)s1. The first-order valence-electron chi connectivity index (χ1n) is 5.66. The zero-order valence-corrected chi connectivity index (χ0v) is 10.4. The van der Waals surface area contributed by atoms with E-state index in [0.29, 0.717) is 0 Å². The van der Waals surface area contributed by atoms with Crippen LogP contribution in [0.1, 0.15) is 9.67 Å². The molecule has 0 saturated heterocycles. The van der Waals surface area contributed by atoms with Crippen molar-refractivity contribution in [2.75, 3.05) is 0 Å². The van der Waals surface area contributed by atoms with Gasteiger partial charge in [0.2, 0.25) is 0 Å². The second-order valence-corrected chi connectivity index (χ2v) is 5.03. The normalized spacial score (nSPS) is 10.4. The molecule has 2 nitrogen and oxygen atoms in total. The highest BCUT2D eigenvalue weighted by Gasteiger charge is 2.08. The van der Waals surface area contributed by atoms with Crippen LogP contribution in [0, 0.1) is 0 Å². The molecular formula is C15H11NOS. The first-order chi connectivity index (χ1) is 8.88. The maximum Gasteiger partial charge on any atom is 0.160 e. The van der Waals surface area contributed by atoms with Crippen LogP contribution in [0.2, 0.25) is 0 Å². The summed E-state index contributed by atoms with van der Waals surface area (Å²) in [5.41, 5.74) is 2.23. The van der Waals surface area contributed by atoms with Crippen molar-refractivity contribution < 1.29 is 4.79 Å². The van der Waals surface area contributed by atoms with Crippen molar-refractivity contribution in [1.82, 2.24) is 4.57 Å². The van der Waals surface area contributed by atoms with E-state index in [2.05, 4.69) is 22.8 Å². The third-order valence-electron chi connectivity index (χ3n) is 2.78. The van der Waals surface area contributed by atoms with E-state index in [1.807, 2.05) is 42.6 Å². The van der Waals surface area contributed by atoms with Crippen molar-refractivity contribution in [3.05, 3.63) is 65.7 Å². The molecule has 0 saturated carbocycles. The average Bonchev–Trinajstić information content (AvgIpc) is 3.08. The standard InChI is InChI=1S/C15H11NOS/c17-11-13-8-9-15(18-13)14-7-4-10-16(14)12-5-2-1-3-6-12/h1-11H. The highest BCUT2D eigenvalue weighted by molar-refractivity contribution is 7.17. The summed E-state index contributed by atoms with van der Waals surface area (Å²) in [5, 5.41) is 0. The molecule has 0 atom stereocenters. The predicted octanol–water partition coefficient (Wildman–Crippen LogP) is 4.02. The number of aromatic nitrogens is 1. The van der Waals surface area contributed by atoms with Gasteiger partial charge in [-0.25, -0.2) is 0 Å². The number of hydrogen-bond acceptors (Lipinski definition) is 2. The van der Waals surface area contributed by atoms with Crippen LogP contribution in [0.5, 0.6) is 0 Å². The maximum atomic E-state index is 10.7. The maximum absolute atomic E-state index is 10.7. The van der Waals surface area contributed by atoms with E-state index >= 15 is 0 Å². The van der Waals surface area contributed by atoms with Crippen LogP contribution in [-0.2, 0) is 0 Å². The van der Waals surface area contributed by atoms with Gasteiger partial charge in [0.15, 0.2) is 6.29 Å². The highest BCUT2D eigenvalue weighted by atomic mass is 32.1. The van der Waals surface area contributed by atoms with Gasteiger partial charge >= 0.3 is 0 Å².